The number of sulfonamides is 1. The van der Waals surface area contributed by atoms with Gasteiger partial charge in [0.2, 0.25) is 15.9 Å². The fourth-order valence-electron chi connectivity index (χ4n) is 3.56. The molecule has 4 unspecified atom stereocenters. The van der Waals surface area contributed by atoms with Crippen molar-refractivity contribution >= 4 is 21.6 Å². The molecule has 4 atom stereocenters. The number of carbonyl (C=O) groups is 1. The number of nitrogens with one attached hydrogen (secondary N) is 1. The van der Waals surface area contributed by atoms with Gasteiger partial charge in [-0.15, -0.1) is 0 Å². The summed E-state index contributed by atoms with van der Waals surface area (Å²) in [5.74, 6) is -0.512. The van der Waals surface area contributed by atoms with Crippen LogP contribution in [0.3, 0.4) is 0 Å². The highest BCUT2D eigenvalue weighted by Crippen LogP contribution is 2.25. The van der Waals surface area contributed by atoms with Crippen molar-refractivity contribution < 1.29 is 32.6 Å². The van der Waals surface area contributed by atoms with E-state index >= 15 is 0 Å². The van der Waals surface area contributed by atoms with Crippen molar-refractivity contribution in [2.45, 2.75) is 30.8 Å². The normalized spacial score (nSPS) is 28.0. The van der Waals surface area contributed by atoms with Gasteiger partial charge in [0.1, 0.15) is 24.1 Å². The van der Waals surface area contributed by atoms with Gasteiger partial charge in [-0.3, -0.25) is 4.79 Å². The summed E-state index contributed by atoms with van der Waals surface area (Å²) in [5.41, 5.74) is 0.886. The molecular weight excluding hydrogens is 405 g/mol. The molecule has 1 amide bonds. The molecule has 162 valence electrons. The number of hydrogen-bond donors (Lipinski definition) is 3. The van der Waals surface area contributed by atoms with Crippen LogP contribution in [0.25, 0.3) is 0 Å². The van der Waals surface area contributed by atoms with E-state index in [2.05, 4.69) is 9.62 Å². The Morgan fingerprint density at radius 2 is 1.72 bits per heavy atom. The first-order valence-corrected chi connectivity index (χ1v) is 11.3. The third-order valence-electron chi connectivity index (χ3n) is 5.21. The summed E-state index contributed by atoms with van der Waals surface area (Å²) in [6.45, 7) is 1.95. The molecule has 3 rings (SSSR count). The van der Waals surface area contributed by atoms with Crippen molar-refractivity contribution in [3.63, 3.8) is 0 Å². The van der Waals surface area contributed by atoms with Gasteiger partial charge in [-0.1, -0.05) is 0 Å². The second-order valence-electron chi connectivity index (χ2n) is 7.36. The minimum Gasteiger partial charge on any atom is -0.388 e. The van der Waals surface area contributed by atoms with Gasteiger partial charge >= 0.3 is 0 Å². The maximum Gasteiger partial charge on any atom is 0.225 e. The van der Waals surface area contributed by atoms with E-state index in [0.29, 0.717) is 26.2 Å². The van der Waals surface area contributed by atoms with Gasteiger partial charge in [-0.2, -0.15) is 0 Å². The largest absolute Gasteiger partial charge is 0.388 e. The van der Waals surface area contributed by atoms with Gasteiger partial charge in [0, 0.05) is 38.4 Å². The number of benzene rings is 1. The average molecular weight is 431 g/mol. The van der Waals surface area contributed by atoms with Crippen LogP contribution >= 0.6 is 0 Å². The first kappa shape index (κ1) is 21.9. The van der Waals surface area contributed by atoms with E-state index in [1.165, 1.54) is 12.1 Å². The Balaban J connectivity index is 1.49. The lowest BCUT2D eigenvalue weighted by Gasteiger charge is -2.36. The SMILES string of the molecule is CS(=O)(=O)NCC1OC(CC(=O)N2CCN(c3ccc(F)cc3)CC2)C(O)C1O. The predicted octanol–water partition coefficient (Wildman–Crippen LogP) is -1.10. The molecule has 2 aliphatic heterocycles. The number of aliphatic hydroxyl groups is 2. The Morgan fingerprint density at radius 1 is 1.14 bits per heavy atom. The standard InChI is InChI=1S/C18H26FN3O6S/c1-29(26,27)20-11-15-18(25)17(24)14(28-15)10-16(23)22-8-6-21(7-9-22)13-4-2-12(19)3-5-13/h2-5,14-15,17-18,20,24-25H,6-11H2,1H3. The van der Waals surface area contributed by atoms with Gasteiger partial charge in [0.05, 0.1) is 18.8 Å². The molecule has 1 aromatic rings. The zero-order chi connectivity index (χ0) is 21.2. The van der Waals surface area contributed by atoms with E-state index in [1.807, 2.05) is 0 Å². The van der Waals surface area contributed by atoms with E-state index in [0.717, 1.165) is 11.9 Å². The van der Waals surface area contributed by atoms with Crippen LogP contribution in [-0.2, 0) is 19.6 Å². The average Bonchev–Trinajstić information content (AvgIpc) is 2.94. The van der Waals surface area contributed by atoms with E-state index in [1.54, 1.807) is 17.0 Å². The van der Waals surface area contributed by atoms with Crippen molar-refractivity contribution in [3.05, 3.63) is 30.1 Å². The molecule has 3 N–H and O–H groups in total. The summed E-state index contributed by atoms with van der Waals surface area (Å²) in [4.78, 5) is 16.3. The highest BCUT2D eigenvalue weighted by molar-refractivity contribution is 7.88. The molecule has 9 nitrogen and oxygen atoms in total. The Bertz CT molecular complexity index is 813. The lowest BCUT2D eigenvalue weighted by atomic mass is 10.0. The van der Waals surface area contributed by atoms with Crippen LogP contribution in [0.1, 0.15) is 6.42 Å². The summed E-state index contributed by atoms with van der Waals surface area (Å²) in [6.07, 6.45) is -3.50. The topological polar surface area (TPSA) is 119 Å². The fraction of sp³-hybridized carbons (Fsp3) is 0.611. The van der Waals surface area contributed by atoms with Gasteiger partial charge in [0.25, 0.3) is 0 Å². The highest BCUT2D eigenvalue weighted by Gasteiger charge is 2.44. The molecule has 0 spiro atoms. The molecule has 1 aromatic carbocycles. The molecular formula is C18H26FN3O6S. The summed E-state index contributed by atoms with van der Waals surface area (Å²) >= 11 is 0. The number of rotatable bonds is 6. The molecule has 2 saturated heterocycles. The molecule has 29 heavy (non-hydrogen) atoms. The minimum atomic E-state index is -3.46. The number of nitrogens with zero attached hydrogens (tertiary/aromatic N) is 2. The molecule has 11 heteroatoms. The van der Waals surface area contributed by atoms with Gasteiger partial charge < -0.3 is 24.7 Å². The smallest absolute Gasteiger partial charge is 0.225 e. The molecule has 2 heterocycles. The minimum absolute atomic E-state index is 0.107. The number of aliphatic hydroxyl groups excluding tert-OH is 2. The Morgan fingerprint density at radius 3 is 2.31 bits per heavy atom. The van der Waals surface area contributed by atoms with Crippen molar-refractivity contribution in [3.8, 4) is 0 Å². The van der Waals surface area contributed by atoms with Crippen LogP contribution in [0.2, 0.25) is 0 Å². The maximum absolute atomic E-state index is 13.1. The quantitative estimate of drug-likeness (QED) is 0.523. The molecule has 0 saturated carbocycles. The molecule has 0 aliphatic carbocycles. The van der Waals surface area contributed by atoms with Gasteiger partial charge in [-0.05, 0) is 24.3 Å². The van der Waals surface area contributed by atoms with Crippen molar-refractivity contribution in [1.29, 1.82) is 0 Å². The lowest BCUT2D eigenvalue weighted by molar-refractivity contribution is -0.135. The van der Waals surface area contributed by atoms with Crippen molar-refractivity contribution in [2.75, 3.05) is 43.9 Å². The fourth-order valence-corrected chi connectivity index (χ4v) is 4.03. The Labute approximate surface area is 169 Å². The zero-order valence-corrected chi connectivity index (χ0v) is 16.9. The first-order valence-electron chi connectivity index (χ1n) is 9.38. The second-order valence-corrected chi connectivity index (χ2v) is 9.20. The van der Waals surface area contributed by atoms with Gasteiger partial charge in [-0.25, -0.2) is 17.5 Å². The first-order chi connectivity index (χ1) is 13.6. The van der Waals surface area contributed by atoms with Crippen LogP contribution in [0.4, 0.5) is 10.1 Å². The van der Waals surface area contributed by atoms with Crippen LogP contribution in [0.15, 0.2) is 24.3 Å². The maximum atomic E-state index is 13.1. The van der Waals surface area contributed by atoms with Crippen molar-refractivity contribution in [2.24, 2.45) is 0 Å². The summed E-state index contributed by atoms with van der Waals surface area (Å²) in [7, 11) is -3.46. The lowest BCUT2D eigenvalue weighted by Crippen LogP contribution is -2.49. The summed E-state index contributed by atoms with van der Waals surface area (Å²) < 4.78 is 43.2. The summed E-state index contributed by atoms with van der Waals surface area (Å²) in [5, 5.41) is 20.2. The number of hydrogen-bond acceptors (Lipinski definition) is 7. The Hall–Kier alpha value is -1.79. The Kier molecular flexibility index (Phi) is 6.74. The van der Waals surface area contributed by atoms with Crippen LogP contribution < -0.4 is 9.62 Å². The third kappa shape index (κ3) is 5.64. The molecule has 0 bridgehead atoms. The van der Waals surface area contributed by atoms with E-state index in [4.69, 9.17) is 4.74 Å². The highest BCUT2D eigenvalue weighted by atomic mass is 32.2. The molecule has 2 fully saturated rings. The van der Waals surface area contributed by atoms with E-state index < -0.39 is 34.4 Å². The monoisotopic (exact) mass is 431 g/mol. The molecule has 0 aromatic heterocycles. The van der Waals surface area contributed by atoms with Gasteiger partial charge in [0.15, 0.2) is 0 Å². The van der Waals surface area contributed by atoms with Crippen LogP contribution in [0, 0.1) is 5.82 Å². The third-order valence-corrected chi connectivity index (χ3v) is 5.90. The number of piperazine rings is 1. The number of ether oxygens (including phenoxy) is 1. The van der Waals surface area contributed by atoms with Crippen LogP contribution in [-0.4, -0.2) is 92.8 Å². The molecule has 2 aliphatic rings. The number of amides is 1. The summed E-state index contributed by atoms with van der Waals surface area (Å²) in [6, 6.07) is 6.18. The van der Waals surface area contributed by atoms with Crippen molar-refractivity contribution in [1.82, 2.24) is 9.62 Å². The second kappa shape index (κ2) is 8.92. The van der Waals surface area contributed by atoms with E-state index in [-0.39, 0.29) is 24.7 Å². The number of halogens is 1. The predicted molar refractivity (Wildman–Crippen MR) is 103 cm³/mol. The zero-order valence-electron chi connectivity index (χ0n) is 16.1. The molecule has 0 radical (unpaired) electrons. The van der Waals surface area contributed by atoms with Crippen LogP contribution in [0.5, 0.6) is 0 Å². The van der Waals surface area contributed by atoms with E-state index in [9.17, 15) is 27.8 Å². The number of carbonyl (C=O) groups excluding carboxylic acids is 1. The number of anilines is 1.